The summed E-state index contributed by atoms with van der Waals surface area (Å²) >= 11 is 0.996. The number of piperidine rings is 1. The largest absolute Gasteiger partial charge is 0.481 e. The number of nitrogens with zero attached hydrogens (tertiary/aromatic N) is 5. The number of carboxylic acid groups (broad SMARTS) is 1. The fourth-order valence-electron chi connectivity index (χ4n) is 5.67. The summed E-state index contributed by atoms with van der Waals surface area (Å²) < 4.78 is 82.0. The van der Waals surface area contributed by atoms with Crippen LogP contribution in [0, 0.1) is 12.8 Å². The molecule has 2 fully saturated rings. The van der Waals surface area contributed by atoms with Crippen molar-refractivity contribution >= 4 is 28.9 Å². The van der Waals surface area contributed by atoms with Crippen LogP contribution in [-0.2, 0) is 23.9 Å². The number of aryl methyl sites for hydroxylation is 1. The number of likely N-dealkylation sites (tertiary alicyclic amines) is 1. The Morgan fingerprint density at radius 2 is 1.75 bits per heavy atom. The Hall–Kier alpha value is -3.59. The standard InChI is InChI=1S/C29H29F6N5O3S/c1-16-4-5-18(11-19(16)28(30,31)32)26-22(15-40-8-2-3-23(40)29(33,34)35)44-25(38-26)12-21(41)20-13-37-24(14-36-20)39-9-6-17(7-10-39)27(42)43/h4-5,11,13-14,17,23H,2-3,6-10,12,15H2,1H3,(H,42,43)/t23-/m0/s1. The van der Waals surface area contributed by atoms with Crippen LogP contribution < -0.4 is 4.90 Å². The number of ketones is 1. The molecule has 0 radical (unpaired) electrons. The van der Waals surface area contributed by atoms with Gasteiger partial charge in [0, 0.05) is 30.1 Å². The smallest absolute Gasteiger partial charge is 0.416 e. The molecule has 5 rings (SSSR count). The number of halogens is 6. The Morgan fingerprint density at radius 1 is 1.02 bits per heavy atom. The number of carbonyl (C=O) groups is 2. The van der Waals surface area contributed by atoms with E-state index in [1.165, 1.54) is 36.4 Å². The Labute approximate surface area is 252 Å². The molecule has 1 atom stereocenters. The highest BCUT2D eigenvalue weighted by molar-refractivity contribution is 7.12. The summed E-state index contributed by atoms with van der Waals surface area (Å²) in [6.45, 7) is 2.28. The van der Waals surface area contributed by atoms with E-state index in [1.807, 2.05) is 4.90 Å². The molecule has 3 aromatic rings. The highest BCUT2D eigenvalue weighted by Crippen LogP contribution is 2.39. The lowest BCUT2D eigenvalue weighted by molar-refractivity contribution is -0.177. The molecule has 2 aliphatic rings. The van der Waals surface area contributed by atoms with Crippen molar-refractivity contribution in [3.8, 4) is 11.3 Å². The second kappa shape index (κ2) is 12.4. The van der Waals surface area contributed by atoms with Gasteiger partial charge < -0.3 is 10.0 Å². The fraction of sp³-hybridized carbons (Fsp3) is 0.483. The van der Waals surface area contributed by atoms with E-state index >= 15 is 0 Å². The molecule has 1 N–H and O–H groups in total. The van der Waals surface area contributed by atoms with E-state index in [9.17, 15) is 41.0 Å². The number of benzene rings is 1. The zero-order valence-electron chi connectivity index (χ0n) is 23.6. The number of anilines is 1. The minimum Gasteiger partial charge on any atom is -0.481 e. The van der Waals surface area contributed by atoms with Crippen LogP contribution in [0.1, 0.15) is 57.2 Å². The Bertz CT molecular complexity index is 1520. The highest BCUT2D eigenvalue weighted by atomic mass is 32.1. The van der Waals surface area contributed by atoms with Crippen molar-refractivity contribution in [3.05, 3.63) is 57.3 Å². The van der Waals surface area contributed by atoms with Crippen molar-refractivity contribution in [1.29, 1.82) is 0 Å². The topological polar surface area (TPSA) is 99.5 Å². The van der Waals surface area contributed by atoms with Gasteiger partial charge in [-0.05, 0) is 50.8 Å². The molecule has 0 unspecified atom stereocenters. The molecule has 2 aliphatic heterocycles. The summed E-state index contributed by atoms with van der Waals surface area (Å²) in [6, 6.07) is 2.01. The van der Waals surface area contributed by atoms with Gasteiger partial charge in [-0.15, -0.1) is 11.3 Å². The second-order valence-electron chi connectivity index (χ2n) is 11.0. The van der Waals surface area contributed by atoms with E-state index in [4.69, 9.17) is 0 Å². The maximum atomic E-state index is 13.7. The summed E-state index contributed by atoms with van der Waals surface area (Å²) in [7, 11) is 0. The van der Waals surface area contributed by atoms with Crippen molar-refractivity contribution in [2.45, 2.75) is 64.0 Å². The molecule has 0 saturated carbocycles. The molecule has 44 heavy (non-hydrogen) atoms. The molecule has 4 heterocycles. The van der Waals surface area contributed by atoms with E-state index in [0.717, 1.165) is 17.4 Å². The lowest BCUT2D eigenvalue weighted by Crippen LogP contribution is -2.40. The van der Waals surface area contributed by atoms with Gasteiger partial charge in [0.15, 0.2) is 5.78 Å². The summed E-state index contributed by atoms with van der Waals surface area (Å²) in [5.41, 5.74) is -0.630. The lowest BCUT2D eigenvalue weighted by Gasteiger charge is -2.30. The number of hydrogen-bond donors (Lipinski definition) is 1. The van der Waals surface area contributed by atoms with Crippen LogP contribution in [0.25, 0.3) is 11.3 Å². The van der Waals surface area contributed by atoms with Crippen LogP contribution >= 0.6 is 11.3 Å². The van der Waals surface area contributed by atoms with E-state index in [2.05, 4.69) is 15.0 Å². The summed E-state index contributed by atoms with van der Waals surface area (Å²) in [5.74, 6) is -1.23. The van der Waals surface area contributed by atoms with Crippen molar-refractivity contribution in [2.75, 3.05) is 24.5 Å². The van der Waals surface area contributed by atoms with Crippen LogP contribution in [0.3, 0.4) is 0 Å². The van der Waals surface area contributed by atoms with Gasteiger partial charge in [-0.2, -0.15) is 26.3 Å². The maximum Gasteiger partial charge on any atom is 0.416 e. The summed E-state index contributed by atoms with van der Waals surface area (Å²) in [6.07, 6.45) is -5.47. The van der Waals surface area contributed by atoms with Crippen LogP contribution in [0.4, 0.5) is 32.2 Å². The number of alkyl halides is 6. The molecule has 2 saturated heterocycles. The van der Waals surface area contributed by atoms with Crippen LogP contribution in [0.15, 0.2) is 30.6 Å². The van der Waals surface area contributed by atoms with Gasteiger partial charge in [-0.25, -0.2) is 15.0 Å². The minimum atomic E-state index is -4.64. The Kier molecular flexibility index (Phi) is 8.99. The number of rotatable bonds is 8. The Balaban J connectivity index is 1.38. The normalized spacial score (nSPS) is 18.6. The van der Waals surface area contributed by atoms with Gasteiger partial charge in [0.2, 0.25) is 0 Å². The number of Topliss-reactive ketones (excluding diaryl/α,β-unsaturated/α-hetero) is 1. The lowest BCUT2D eigenvalue weighted by atomic mass is 9.97. The predicted octanol–water partition coefficient (Wildman–Crippen LogP) is 6.18. The quantitative estimate of drug-likeness (QED) is 0.230. The average Bonchev–Trinajstić information content (AvgIpc) is 3.60. The molecule has 0 spiro atoms. The third kappa shape index (κ3) is 7.04. The van der Waals surface area contributed by atoms with Crippen LogP contribution in [0.5, 0.6) is 0 Å². The van der Waals surface area contributed by atoms with Crippen molar-refractivity contribution < 1.29 is 41.0 Å². The van der Waals surface area contributed by atoms with Crippen molar-refractivity contribution in [3.63, 3.8) is 0 Å². The van der Waals surface area contributed by atoms with Gasteiger partial charge in [0.05, 0.1) is 36.0 Å². The zero-order chi connectivity index (χ0) is 31.8. The molecule has 15 heteroatoms. The molecule has 8 nitrogen and oxygen atoms in total. The van der Waals surface area contributed by atoms with Crippen molar-refractivity contribution in [1.82, 2.24) is 19.9 Å². The first kappa shape index (κ1) is 31.8. The van der Waals surface area contributed by atoms with Gasteiger partial charge in [0.1, 0.15) is 22.6 Å². The molecule has 2 aromatic heterocycles. The Morgan fingerprint density at radius 3 is 2.36 bits per heavy atom. The molecular weight excluding hydrogens is 612 g/mol. The maximum absolute atomic E-state index is 13.7. The third-order valence-corrected chi connectivity index (χ3v) is 9.09. The van der Waals surface area contributed by atoms with E-state index in [1.54, 1.807) is 0 Å². The van der Waals surface area contributed by atoms with Crippen LogP contribution in [-0.4, -0.2) is 68.6 Å². The molecule has 0 amide bonds. The number of aromatic nitrogens is 3. The van der Waals surface area contributed by atoms with Crippen molar-refractivity contribution in [2.24, 2.45) is 5.92 Å². The van der Waals surface area contributed by atoms with Gasteiger partial charge in [-0.1, -0.05) is 12.1 Å². The SMILES string of the molecule is Cc1ccc(-c2nc(CC(=O)c3cnc(N4CCC(C(=O)O)CC4)cn3)sc2CN2CCC[C@H]2C(F)(F)F)cc1C(F)(F)F. The summed E-state index contributed by atoms with van der Waals surface area (Å²) in [4.78, 5) is 40.8. The number of hydrogen-bond acceptors (Lipinski definition) is 8. The number of thiazole rings is 1. The predicted molar refractivity (Wildman–Crippen MR) is 149 cm³/mol. The number of aliphatic carboxylic acids is 1. The fourth-order valence-corrected chi connectivity index (χ4v) is 6.78. The monoisotopic (exact) mass is 641 g/mol. The van der Waals surface area contributed by atoms with E-state index in [0.29, 0.717) is 43.0 Å². The molecular formula is C29H29F6N5O3S. The van der Waals surface area contributed by atoms with Crippen LogP contribution in [0.2, 0.25) is 0 Å². The van der Waals surface area contributed by atoms with E-state index in [-0.39, 0.29) is 53.5 Å². The minimum absolute atomic E-state index is 0.00149. The molecule has 0 bridgehead atoms. The van der Waals surface area contributed by atoms with Gasteiger partial charge in [-0.3, -0.25) is 14.5 Å². The third-order valence-electron chi connectivity index (χ3n) is 8.05. The zero-order valence-corrected chi connectivity index (χ0v) is 24.4. The molecule has 236 valence electrons. The number of carboxylic acids is 1. The first-order valence-electron chi connectivity index (χ1n) is 14.0. The van der Waals surface area contributed by atoms with Gasteiger partial charge >= 0.3 is 18.3 Å². The van der Waals surface area contributed by atoms with E-state index < -0.39 is 41.6 Å². The second-order valence-corrected chi connectivity index (χ2v) is 12.2. The first-order chi connectivity index (χ1) is 20.7. The molecule has 1 aromatic carbocycles. The van der Waals surface area contributed by atoms with Gasteiger partial charge in [0.25, 0.3) is 0 Å². The highest BCUT2D eigenvalue weighted by Gasteiger charge is 2.46. The average molecular weight is 642 g/mol. The number of carbonyl (C=O) groups excluding carboxylic acids is 1. The first-order valence-corrected chi connectivity index (χ1v) is 14.8. The summed E-state index contributed by atoms with van der Waals surface area (Å²) in [5, 5.41) is 9.42. The molecule has 0 aliphatic carbocycles.